The quantitative estimate of drug-likeness (QED) is 0.523. The molecule has 4 N–H and O–H groups in total. The zero-order chi connectivity index (χ0) is 15.3. The summed E-state index contributed by atoms with van der Waals surface area (Å²) < 4.78 is 0. The number of aliphatic hydroxyl groups is 1. The zero-order valence-corrected chi connectivity index (χ0v) is 11.3. The van der Waals surface area contributed by atoms with Crippen LogP contribution in [0.25, 0.3) is 0 Å². The Morgan fingerprint density at radius 3 is 2.55 bits per heavy atom. The molecule has 0 spiro atoms. The minimum Gasteiger partial charge on any atom is -0.480 e. The van der Waals surface area contributed by atoms with Crippen molar-refractivity contribution >= 4 is 11.9 Å². The summed E-state index contributed by atoms with van der Waals surface area (Å²) in [6.45, 7) is 2.91. The second kappa shape index (κ2) is 6.80. The second-order valence-electron chi connectivity index (χ2n) is 4.38. The van der Waals surface area contributed by atoms with E-state index in [2.05, 4.69) is 15.3 Å². The Hall–Kier alpha value is -2.22. The fraction of sp³-hybridized carbons (Fsp3) is 0.500. The average molecular weight is 283 g/mol. The van der Waals surface area contributed by atoms with Crippen LogP contribution in [0.15, 0.2) is 4.79 Å². The number of carboxylic acid groups (broad SMARTS) is 1. The lowest BCUT2D eigenvalue weighted by Gasteiger charge is -2.14. The Bertz CT molecular complexity index is 540. The maximum Gasteiger partial charge on any atom is 0.345 e. The number of aliphatic hydroxyl groups excluding tert-OH is 1. The van der Waals surface area contributed by atoms with Crippen molar-refractivity contribution in [2.45, 2.75) is 32.7 Å². The first kappa shape index (κ1) is 15.8. The molecule has 0 aromatic carbocycles. The first-order chi connectivity index (χ1) is 9.35. The molecule has 0 aliphatic heterocycles. The summed E-state index contributed by atoms with van der Waals surface area (Å²) in [4.78, 5) is 40.0. The van der Waals surface area contributed by atoms with Crippen molar-refractivity contribution in [2.75, 3.05) is 6.61 Å². The van der Waals surface area contributed by atoms with E-state index in [-0.39, 0.29) is 19.4 Å². The van der Waals surface area contributed by atoms with E-state index < -0.39 is 23.6 Å². The van der Waals surface area contributed by atoms with Gasteiger partial charge < -0.3 is 20.5 Å². The van der Waals surface area contributed by atoms with E-state index >= 15 is 0 Å². The van der Waals surface area contributed by atoms with Crippen molar-refractivity contribution in [3.8, 4) is 0 Å². The molecule has 8 heteroatoms. The molecule has 110 valence electrons. The van der Waals surface area contributed by atoms with E-state index in [9.17, 15) is 14.4 Å². The normalized spacial score (nSPS) is 11.9. The van der Waals surface area contributed by atoms with Gasteiger partial charge in [0.15, 0.2) is 0 Å². The molecule has 0 saturated carbocycles. The third-order valence-corrected chi connectivity index (χ3v) is 2.84. The monoisotopic (exact) mass is 283 g/mol. The van der Waals surface area contributed by atoms with Crippen LogP contribution < -0.4 is 11.0 Å². The summed E-state index contributed by atoms with van der Waals surface area (Å²) in [5.74, 6) is -1.72. The van der Waals surface area contributed by atoms with E-state index in [0.29, 0.717) is 17.0 Å². The Labute approximate surface area is 114 Å². The van der Waals surface area contributed by atoms with Crippen LogP contribution in [-0.2, 0) is 16.0 Å². The predicted octanol–water partition coefficient (Wildman–Crippen LogP) is -1.12. The van der Waals surface area contributed by atoms with E-state index in [4.69, 9.17) is 10.2 Å². The standard InChI is InChI=1S/C12H17N3O5/c1-6-8(7(2)14-12(20)13-6)5-10(17)15-9(3-4-16)11(18)19/h9,16H,3-5H2,1-2H3,(H,15,17)(H,18,19)(H,13,14,20)/t9-/m1/s1. The zero-order valence-electron chi connectivity index (χ0n) is 11.3. The first-order valence-electron chi connectivity index (χ1n) is 6.04. The number of amides is 1. The minimum absolute atomic E-state index is 0.0666. The number of carbonyl (C=O) groups excluding carboxylic acids is 1. The van der Waals surface area contributed by atoms with Crippen LogP contribution in [0.4, 0.5) is 0 Å². The number of carboxylic acids is 1. The van der Waals surface area contributed by atoms with E-state index in [1.165, 1.54) is 0 Å². The molecule has 0 radical (unpaired) electrons. The second-order valence-corrected chi connectivity index (χ2v) is 4.38. The molecule has 1 aromatic rings. The number of aliphatic carboxylic acids is 1. The molecule has 8 nitrogen and oxygen atoms in total. The van der Waals surface area contributed by atoms with E-state index in [0.717, 1.165) is 0 Å². The van der Waals surface area contributed by atoms with Crippen LogP contribution in [-0.4, -0.2) is 44.7 Å². The number of aromatic amines is 1. The van der Waals surface area contributed by atoms with Crippen molar-refractivity contribution in [3.63, 3.8) is 0 Å². The summed E-state index contributed by atoms with van der Waals surface area (Å²) in [6, 6.07) is -1.14. The van der Waals surface area contributed by atoms with Gasteiger partial charge in [0.25, 0.3) is 0 Å². The molecule has 0 fully saturated rings. The highest BCUT2D eigenvalue weighted by atomic mass is 16.4. The van der Waals surface area contributed by atoms with Gasteiger partial charge >= 0.3 is 11.7 Å². The third-order valence-electron chi connectivity index (χ3n) is 2.84. The average Bonchev–Trinajstić information content (AvgIpc) is 2.33. The third kappa shape index (κ3) is 4.16. The number of nitrogens with one attached hydrogen (secondary N) is 2. The molecule has 0 aliphatic carbocycles. The van der Waals surface area contributed by atoms with Gasteiger partial charge in [-0.05, 0) is 13.8 Å². The van der Waals surface area contributed by atoms with Gasteiger partial charge in [-0.1, -0.05) is 0 Å². The largest absolute Gasteiger partial charge is 0.480 e. The van der Waals surface area contributed by atoms with Crippen LogP contribution in [0.2, 0.25) is 0 Å². The Balaban J connectivity index is 2.81. The summed E-state index contributed by atoms with van der Waals surface area (Å²) >= 11 is 0. The summed E-state index contributed by atoms with van der Waals surface area (Å²) in [5.41, 5.74) is 1.00. The number of carbonyl (C=O) groups is 2. The van der Waals surface area contributed by atoms with Gasteiger partial charge in [0.05, 0.1) is 6.42 Å². The Kier molecular flexibility index (Phi) is 5.39. The smallest absolute Gasteiger partial charge is 0.345 e. The predicted molar refractivity (Wildman–Crippen MR) is 69.3 cm³/mol. The number of rotatable bonds is 6. The summed E-state index contributed by atoms with van der Waals surface area (Å²) in [5, 5.41) is 19.9. The van der Waals surface area contributed by atoms with Crippen molar-refractivity contribution in [3.05, 3.63) is 27.4 Å². The molecule has 1 aromatic heterocycles. The van der Waals surface area contributed by atoms with Gasteiger partial charge in [-0.3, -0.25) is 4.79 Å². The number of hydrogen-bond donors (Lipinski definition) is 4. The van der Waals surface area contributed by atoms with Crippen molar-refractivity contribution < 1.29 is 19.8 Å². The lowest BCUT2D eigenvalue weighted by Crippen LogP contribution is -2.42. The van der Waals surface area contributed by atoms with Crippen LogP contribution in [0.1, 0.15) is 23.4 Å². The minimum atomic E-state index is -1.21. The van der Waals surface area contributed by atoms with Crippen molar-refractivity contribution in [2.24, 2.45) is 0 Å². The summed E-state index contributed by atoms with van der Waals surface area (Å²) in [6.07, 6.45) is -0.153. The molecular formula is C12H17N3O5. The molecule has 1 rings (SSSR count). The molecule has 1 atom stereocenters. The Morgan fingerprint density at radius 1 is 1.40 bits per heavy atom. The summed E-state index contributed by atoms with van der Waals surface area (Å²) in [7, 11) is 0. The van der Waals surface area contributed by atoms with Crippen LogP contribution in [0.5, 0.6) is 0 Å². The van der Waals surface area contributed by atoms with E-state index in [1.54, 1.807) is 13.8 Å². The fourth-order valence-corrected chi connectivity index (χ4v) is 1.81. The molecule has 0 unspecified atom stereocenters. The number of hydrogen-bond acceptors (Lipinski definition) is 5. The molecule has 20 heavy (non-hydrogen) atoms. The van der Waals surface area contributed by atoms with Crippen LogP contribution >= 0.6 is 0 Å². The Morgan fingerprint density at radius 2 is 2.05 bits per heavy atom. The molecule has 1 amide bonds. The number of aryl methyl sites for hydroxylation is 2. The molecule has 1 heterocycles. The van der Waals surface area contributed by atoms with Gasteiger partial charge in [-0.2, -0.15) is 4.98 Å². The van der Waals surface area contributed by atoms with Gasteiger partial charge in [-0.15, -0.1) is 0 Å². The highest BCUT2D eigenvalue weighted by Crippen LogP contribution is 2.07. The van der Waals surface area contributed by atoms with E-state index in [1.807, 2.05) is 0 Å². The molecule has 0 aliphatic rings. The number of nitrogens with zero attached hydrogens (tertiary/aromatic N) is 1. The first-order valence-corrected chi connectivity index (χ1v) is 6.04. The van der Waals surface area contributed by atoms with Gasteiger partial charge in [0.2, 0.25) is 5.91 Å². The maximum absolute atomic E-state index is 11.8. The molecule has 0 saturated heterocycles. The van der Waals surface area contributed by atoms with Gasteiger partial charge in [0, 0.05) is 30.0 Å². The van der Waals surface area contributed by atoms with Gasteiger partial charge in [-0.25, -0.2) is 9.59 Å². The number of H-pyrrole nitrogens is 1. The topological polar surface area (TPSA) is 132 Å². The maximum atomic E-state index is 11.8. The fourth-order valence-electron chi connectivity index (χ4n) is 1.81. The molecular weight excluding hydrogens is 266 g/mol. The molecule has 0 bridgehead atoms. The lowest BCUT2D eigenvalue weighted by molar-refractivity contribution is -0.142. The lowest BCUT2D eigenvalue weighted by atomic mass is 10.1. The highest BCUT2D eigenvalue weighted by Gasteiger charge is 2.20. The van der Waals surface area contributed by atoms with Crippen LogP contribution in [0, 0.1) is 13.8 Å². The van der Waals surface area contributed by atoms with Crippen molar-refractivity contribution in [1.29, 1.82) is 0 Å². The van der Waals surface area contributed by atoms with Crippen LogP contribution in [0.3, 0.4) is 0 Å². The van der Waals surface area contributed by atoms with Crippen molar-refractivity contribution in [1.82, 2.24) is 15.3 Å². The highest BCUT2D eigenvalue weighted by molar-refractivity contribution is 5.85. The number of aromatic nitrogens is 2. The van der Waals surface area contributed by atoms with Gasteiger partial charge in [0.1, 0.15) is 6.04 Å². The SMILES string of the molecule is Cc1nc(=O)[nH]c(C)c1CC(=O)N[C@H](CCO)C(=O)O.